The number of nitrogens with one attached hydrogen (secondary N) is 1. The SMILES string of the molecule is CC(=O)Nc1cc(N(C)CCO)ccc1N=Nc1ccc(-c2ccccn2)cc1. The van der Waals surface area contributed by atoms with Gasteiger partial charge in [-0.25, -0.2) is 0 Å². The number of carbonyl (C=O) groups is 1. The van der Waals surface area contributed by atoms with E-state index in [4.69, 9.17) is 5.11 Å². The van der Waals surface area contributed by atoms with Crippen LogP contribution >= 0.6 is 0 Å². The highest BCUT2D eigenvalue weighted by Gasteiger charge is 2.08. The van der Waals surface area contributed by atoms with Crippen LogP contribution in [0.1, 0.15) is 6.92 Å². The molecular weight excluding hydrogens is 366 g/mol. The van der Waals surface area contributed by atoms with Gasteiger partial charge in [-0.3, -0.25) is 9.78 Å². The number of aliphatic hydroxyl groups is 1. The highest BCUT2D eigenvalue weighted by molar-refractivity contribution is 5.93. The van der Waals surface area contributed by atoms with Crippen molar-refractivity contribution in [2.24, 2.45) is 10.2 Å². The highest BCUT2D eigenvalue weighted by Crippen LogP contribution is 2.31. The Balaban J connectivity index is 1.82. The number of aromatic nitrogens is 1. The largest absolute Gasteiger partial charge is 0.395 e. The quantitative estimate of drug-likeness (QED) is 0.580. The Bertz CT molecular complexity index is 988. The summed E-state index contributed by atoms with van der Waals surface area (Å²) in [4.78, 5) is 17.8. The van der Waals surface area contributed by atoms with E-state index in [0.717, 1.165) is 16.9 Å². The summed E-state index contributed by atoms with van der Waals surface area (Å²) >= 11 is 0. The minimum atomic E-state index is -0.192. The summed E-state index contributed by atoms with van der Waals surface area (Å²) in [7, 11) is 1.87. The van der Waals surface area contributed by atoms with Crippen LogP contribution in [-0.2, 0) is 4.79 Å². The first kappa shape index (κ1) is 20.2. The third-order valence-corrected chi connectivity index (χ3v) is 4.27. The van der Waals surface area contributed by atoms with E-state index in [1.165, 1.54) is 6.92 Å². The van der Waals surface area contributed by atoms with Gasteiger partial charge in [-0.2, -0.15) is 5.11 Å². The van der Waals surface area contributed by atoms with E-state index in [2.05, 4.69) is 20.5 Å². The number of hydrogen-bond donors (Lipinski definition) is 2. The first-order valence-corrected chi connectivity index (χ1v) is 9.23. The first-order chi connectivity index (χ1) is 14.1. The summed E-state index contributed by atoms with van der Waals surface area (Å²) in [6.07, 6.45) is 1.76. The molecule has 2 aromatic carbocycles. The number of anilines is 2. The topological polar surface area (TPSA) is 90.2 Å². The number of amides is 1. The predicted molar refractivity (Wildman–Crippen MR) is 115 cm³/mol. The van der Waals surface area contributed by atoms with Gasteiger partial charge < -0.3 is 15.3 Å². The second kappa shape index (κ2) is 9.57. The minimum absolute atomic E-state index is 0.0436. The van der Waals surface area contributed by atoms with Gasteiger partial charge in [0.15, 0.2) is 0 Å². The van der Waals surface area contributed by atoms with Crippen molar-refractivity contribution in [1.29, 1.82) is 0 Å². The van der Waals surface area contributed by atoms with Crippen LogP contribution in [0.15, 0.2) is 77.1 Å². The molecule has 0 unspecified atom stereocenters. The van der Waals surface area contributed by atoms with Crippen LogP contribution < -0.4 is 10.2 Å². The van der Waals surface area contributed by atoms with E-state index in [1.54, 1.807) is 12.3 Å². The molecule has 0 aliphatic rings. The molecule has 1 heterocycles. The summed E-state index contributed by atoms with van der Waals surface area (Å²) in [5, 5.41) is 20.5. The molecule has 2 N–H and O–H groups in total. The molecule has 0 bridgehead atoms. The summed E-state index contributed by atoms with van der Waals surface area (Å²) in [5.74, 6) is -0.192. The molecule has 7 heteroatoms. The van der Waals surface area contributed by atoms with Crippen molar-refractivity contribution in [2.45, 2.75) is 6.92 Å². The molecule has 148 valence electrons. The van der Waals surface area contributed by atoms with Crippen molar-refractivity contribution in [1.82, 2.24) is 4.98 Å². The molecule has 1 amide bonds. The number of rotatable bonds is 7. The van der Waals surface area contributed by atoms with Crippen molar-refractivity contribution < 1.29 is 9.90 Å². The molecule has 3 rings (SSSR count). The van der Waals surface area contributed by atoms with Crippen molar-refractivity contribution in [3.8, 4) is 11.3 Å². The predicted octanol–water partition coefficient (Wildman–Crippen LogP) is 4.55. The molecule has 29 heavy (non-hydrogen) atoms. The van der Waals surface area contributed by atoms with Crippen LogP contribution in [0.4, 0.5) is 22.7 Å². The number of nitrogens with zero attached hydrogens (tertiary/aromatic N) is 4. The summed E-state index contributed by atoms with van der Waals surface area (Å²) in [6.45, 7) is 1.98. The number of azo groups is 1. The lowest BCUT2D eigenvalue weighted by molar-refractivity contribution is -0.114. The molecular formula is C22H23N5O2. The zero-order valence-electron chi connectivity index (χ0n) is 16.4. The molecule has 3 aromatic rings. The smallest absolute Gasteiger partial charge is 0.221 e. The van der Waals surface area contributed by atoms with Crippen LogP contribution in [0.25, 0.3) is 11.3 Å². The molecule has 0 saturated carbocycles. The van der Waals surface area contributed by atoms with E-state index in [9.17, 15) is 4.79 Å². The summed E-state index contributed by atoms with van der Waals surface area (Å²) in [6, 6.07) is 18.9. The third-order valence-electron chi connectivity index (χ3n) is 4.27. The lowest BCUT2D eigenvalue weighted by Crippen LogP contribution is -2.21. The van der Waals surface area contributed by atoms with Crippen molar-refractivity contribution in [3.63, 3.8) is 0 Å². The van der Waals surface area contributed by atoms with Gasteiger partial charge in [-0.15, -0.1) is 5.11 Å². The molecule has 0 radical (unpaired) electrons. The zero-order valence-corrected chi connectivity index (χ0v) is 16.4. The molecule has 0 aliphatic heterocycles. The Morgan fingerprint density at radius 2 is 1.90 bits per heavy atom. The Morgan fingerprint density at radius 1 is 1.10 bits per heavy atom. The van der Waals surface area contributed by atoms with Crippen LogP contribution in [0.5, 0.6) is 0 Å². The van der Waals surface area contributed by atoms with Gasteiger partial charge >= 0.3 is 0 Å². The Hall–Kier alpha value is -3.58. The lowest BCUT2D eigenvalue weighted by Gasteiger charge is -2.19. The monoisotopic (exact) mass is 389 g/mol. The molecule has 7 nitrogen and oxygen atoms in total. The summed E-state index contributed by atoms with van der Waals surface area (Å²) < 4.78 is 0. The maximum absolute atomic E-state index is 11.6. The Morgan fingerprint density at radius 3 is 2.55 bits per heavy atom. The normalized spacial score (nSPS) is 10.9. The number of aliphatic hydroxyl groups excluding tert-OH is 1. The van der Waals surface area contributed by atoms with Crippen molar-refractivity contribution in [2.75, 3.05) is 30.4 Å². The van der Waals surface area contributed by atoms with Gasteiger partial charge in [-0.05, 0) is 42.5 Å². The Labute approximate surface area is 169 Å². The average molecular weight is 389 g/mol. The molecule has 0 fully saturated rings. The fraction of sp³-hybridized carbons (Fsp3) is 0.182. The van der Waals surface area contributed by atoms with Crippen molar-refractivity contribution in [3.05, 3.63) is 66.9 Å². The van der Waals surface area contributed by atoms with E-state index in [0.29, 0.717) is 23.6 Å². The zero-order chi connectivity index (χ0) is 20.6. The van der Waals surface area contributed by atoms with Crippen LogP contribution in [0.2, 0.25) is 0 Å². The number of hydrogen-bond acceptors (Lipinski definition) is 6. The van der Waals surface area contributed by atoms with E-state index in [-0.39, 0.29) is 12.5 Å². The van der Waals surface area contributed by atoms with Crippen LogP contribution in [0, 0.1) is 0 Å². The number of likely N-dealkylation sites (N-methyl/N-ethyl adjacent to an activating group) is 1. The Kier molecular flexibility index (Phi) is 6.65. The molecule has 0 spiro atoms. The highest BCUT2D eigenvalue weighted by atomic mass is 16.3. The lowest BCUT2D eigenvalue weighted by atomic mass is 10.1. The van der Waals surface area contributed by atoms with Gasteiger partial charge in [0, 0.05) is 38.0 Å². The fourth-order valence-corrected chi connectivity index (χ4v) is 2.76. The van der Waals surface area contributed by atoms with Crippen molar-refractivity contribution >= 4 is 28.7 Å². The van der Waals surface area contributed by atoms with Gasteiger partial charge in [0.1, 0.15) is 5.69 Å². The second-order valence-electron chi connectivity index (χ2n) is 6.49. The maximum atomic E-state index is 11.6. The molecule has 0 atom stereocenters. The molecule has 1 aromatic heterocycles. The van der Waals surface area contributed by atoms with Crippen LogP contribution in [0.3, 0.4) is 0 Å². The van der Waals surface area contributed by atoms with E-state index in [1.807, 2.05) is 66.5 Å². The van der Waals surface area contributed by atoms with Gasteiger partial charge in [0.05, 0.1) is 23.7 Å². The number of pyridine rings is 1. The first-order valence-electron chi connectivity index (χ1n) is 9.23. The van der Waals surface area contributed by atoms with Gasteiger partial charge in [0.25, 0.3) is 0 Å². The van der Waals surface area contributed by atoms with Gasteiger partial charge in [-0.1, -0.05) is 18.2 Å². The van der Waals surface area contributed by atoms with E-state index >= 15 is 0 Å². The minimum Gasteiger partial charge on any atom is -0.395 e. The summed E-state index contributed by atoms with van der Waals surface area (Å²) in [5.41, 5.74) is 4.57. The average Bonchev–Trinajstić information content (AvgIpc) is 2.73. The van der Waals surface area contributed by atoms with E-state index < -0.39 is 0 Å². The fourth-order valence-electron chi connectivity index (χ4n) is 2.76. The maximum Gasteiger partial charge on any atom is 0.221 e. The standard InChI is InChI=1S/C22H23N5O2/c1-16(29)24-22-15-19(27(2)13-14-28)10-11-21(22)26-25-18-8-6-17(7-9-18)20-5-3-4-12-23-20/h3-12,15,28H,13-14H2,1-2H3,(H,24,29). The number of benzene rings is 2. The van der Waals surface area contributed by atoms with Crippen LogP contribution in [-0.4, -0.2) is 36.2 Å². The number of carbonyl (C=O) groups excluding carboxylic acids is 1. The van der Waals surface area contributed by atoms with Gasteiger partial charge in [0.2, 0.25) is 5.91 Å². The molecule has 0 aliphatic carbocycles. The third kappa shape index (κ3) is 5.46. The second-order valence-corrected chi connectivity index (χ2v) is 6.49. The molecule has 0 saturated heterocycles.